The van der Waals surface area contributed by atoms with Gasteiger partial charge in [0.25, 0.3) is 17.4 Å². The minimum absolute atomic E-state index is 0.0625. The number of nitrogens with one attached hydrogen (secondary N) is 4. The van der Waals surface area contributed by atoms with E-state index in [0.717, 1.165) is 5.56 Å². The van der Waals surface area contributed by atoms with Crippen molar-refractivity contribution in [1.82, 2.24) is 30.7 Å². The number of hydrogen-bond acceptors (Lipinski definition) is 9. The molecule has 15 nitrogen and oxygen atoms in total. The zero-order valence-electron chi connectivity index (χ0n) is 32.5. The first kappa shape index (κ1) is 41.5. The van der Waals surface area contributed by atoms with Crippen LogP contribution in [0.25, 0.3) is 0 Å². The molecule has 3 heterocycles. The van der Waals surface area contributed by atoms with Crippen LogP contribution >= 0.6 is 0 Å². The van der Waals surface area contributed by atoms with Crippen molar-refractivity contribution in [3.05, 3.63) is 118 Å². The number of fused-ring (bicyclic) bond motifs is 18. The van der Waals surface area contributed by atoms with Crippen LogP contribution in [0.3, 0.4) is 0 Å². The Bertz CT molecular complexity index is 2140. The van der Waals surface area contributed by atoms with Crippen LogP contribution in [-0.4, -0.2) is 84.9 Å². The highest BCUT2D eigenvalue weighted by atomic mass is 16.5. The molecule has 5 amide bonds. The number of rotatable bonds is 6. The highest BCUT2D eigenvalue weighted by Gasteiger charge is 2.27. The van der Waals surface area contributed by atoms with E-state index in [-0.39, 0.29) is 43.3 Å². The summed E-state index contributed by atoms with van der Waals surface area (Å²) in [4.78, 5) is 81.3. The maximum atomic E-state index is 13.7. The van der Waals surface area contributed by atoms with Gasteiger partial charge in [-0.1, -0.05) is 30.3 Å². The van der Waals surface area contributed by atoms with Gasteiger partial charge in [0, 0.05) is 61.7 Å². The van der Waals surface area contributed by atoms with Crippen molar-refractivity contribution in [3.8, 4) is 23.0 Å². The molecule has 0 spiro atoms. The predicted molar refractivity (Wildman–Crippen MR) is 211 cm³/mol. The third-order valence-corrected chi connectivity index (χ3v) is 9.45. The topological polar surface area (TPSA) is 186 Å². The first-order valence-corrected chi connectivity index (χ1v) is 18.6. The molecule has 0 radical (unpaired) electrons. The molecule has 0 unspecified atom stereocenters. The summed E-state index contributed by atoms with van der Waals surface area (Å²) in [6.07, 6.45) is 2.96. The highest BCUT2D eigenvalue weighted by molar-refractivity contribution is 5.97. The maximum absolute atomic E-state index is 13.7. The van der Waals surface area contributed by atoms with Crippen LogP contribution in [0.15, 0.2) is 89.9 Å². The molecular weight excluding hydrogens is 732 g/mol. The van der Waals surface area contributed by atoms with Crippen LogP contribution in [-0.2, 0) is 34.4 Å². The molecule has 2 atom stereocenters. The van der Waals surface area contributed by atoms with E-state index in [1.807, 2.05) is 30.3 Å². The van der Waals surface area contributed by atoms with E-state index in [1.165, 1.54) is 48.9 Å². The molecule has 0 saturated heterocycles. The minimum atomic E-state index is -1.05. The molecule has 2 aliphatic heterocycles. The smallest absolute Gasteiger partial charge is 0.254 e. The number of ether oxygens (including phenoxy) is 3. The van der Waals surface area contributed by atoms with Gasteiger partial charge in [0.1, 0.15) is 23.6 Å². The molecule has 300 valence electrons. The average molecular weight is 781 g/mol. The molecule has 0 aliphatic carbocycles. The van der Waals surface area contributed by atoms with Crippen molar-refractivity contribution < 1.29 is 38.2 Å². The summed E-state index contributed by atoms with van der Waals surface area (Å²) in [7, 11) is 4.53. The van der Waals surface area contributed by atoms with Crippen molar-refractivity contribution in [3.63, 3.8) is 0 Å². The molecule has 0 fully saturated rings. The van der Waals surface area contributed by atoms with E-state index in [2.05, 4.69) is 21.3 Å². The molecule has 4 bridgehead atoms. The van der Waals surface area contributed by atoms with Gasteiger partial charge in [0.15, 0.2) is 11.5 Å². The Morgan fingerprint density at radius 2 is 1.61 bits per heavy atom. The fraction of sp³-hybridized carbons (Fsp3) is 0.333. The van der Waals surface area contributed by atoms with Crippen molar-refractivity contribution in [2.75, 3.05) is 33.9 Å². The molecule has 4 N–H and O–H groups in total. The van der Waals surface area contributed by atoms with E-state index in [4.69, 9.17) is 14.2 Å². The van der Waals surface area contributed by atoms with Crippen LogP contribution in [0.5, 0.6) is 23.0 Å². The lowest BCUT2D eigenvalue weighted by atomic mass is 10.0. The lowest BCUT2D eigenvalue weighted by molar-refractivity contribution is -0.132. The van der Waals surface area contributed by atoms with Gasteiger partial charge in [0.2, 0.25) is 17.7 Å². The predicted octanol–water partition coefficient (Wildman–Crippen LogP) is 3.10. The second kappa shape index (κ2) is 19.8. The van der Waals surface area contributed by atoms with Crippen LogP contribution in [0.1, 0.15) is 58.0 Å². The zero-order valence-corrected chi connectivity index (χ0v) is 32.5. The zero-order chi connectivity index (χ0) is 40.9. The fourth-order valence-corrected chi connectivity index (χ4v) is 6.16. The number of benzene rings is 3. The normalized spacial score (nSPS) is 17.4. The van der Waals surface area contributed by atoms with Crippen molar-refractivity contribution in [1.29, 1.82) is 0 Å². The summed E-state index contributed by atoms with van der Waals surface area (Å²) >= 11 is 0. The number of carbonyl (C=O) groups is 5. The Morgan fingerprint density at radius 3 is 2.35 bits per heavy atom. The van der Waals surface area contributed by atoms with Gasteiger partial charge in [0.05, 0.1) is 20.8 Å². The largest absolute Gasteiger partial charge is 0.496 e. The van der Waals surface area contributed by atoms with E-state index in [0.29, 0.717) is 47.6 Å². The number of amides is 5. The lowest BCUT2D eigenvalue weighted by Gasteiger charge is -2.25. The monoisotopic (exact) mass is 780 g/mol. The third kappa shape index (κ3) is 11.4. The van der Waals surface area contributed by atoms with Gasteiger partial charge in [-0.05, 0) is 74.6 Å². The molecule has 4 aromatic rings. The number of aryl methyl sites for hydroxylation is 2. The number of hydrogen-bond donors (Lipinski definition) is 4. The van der Waals surface area contributed by atoms with Crippen LogP contribution in [0, 0.1) is 0 Å². The summed E-state index contributed by atoms with van der Waals surface area (Å²) < 4.78 is 18.5. The van der Waals surface area contributed by atoms with E-state index < -0.39 is 47.8 Å². The molecule has 57 heavy (non-hydrogen) atoms. The standard InChI is InChI=1S/C42H48N6O9/c1-27-39(51)44-25-31-13-15-32(24-35(31)56-4)57-36-22-29(14-17-34(36)55-3)40(52)43-19-8-9-20-48(42(54)30-18-21-47(2)38(50)23-30)26-37(49)46-33(41(53)45-27)16-12-28-10-6-5-7-11-28/h5-7,10-11,13-15,17-18,21-24,27,33H,8-9,12,16,19-20,25-26H2,1-4H3,(H,43,52)(H,44,51)(H,45,53)(H,46,49)/t27-,33-/m0/s1. The van der Waals surface area contributed by atoms with Gasteiger partial charge in [-0.15, -0.1) is 0 Å². The number of methoxy groups -OCH3 is 2. The van der Waals surface area contributed by atoms with Gasteiger partial charge in [-0.2, -0.15) is 0 Å². The van der Waals surface area contributed by atoms with E-state index >= 15 is 0 Å². The number of pyridine rings is 1. The first-order chi connectivity index (χ1) is 27.4. The SMILES string of the molecule is COc1cc2ccc1CNC(=O)[C@H](C)NC(=O)[C@H](CCc1ccccc1)NC(=O)CN(C(=O)c1ccn(C)c(=O)c1)CCCCNC(=O)c1ccc(OC)c(c1)O2. The second-order valence-electron chi connectivity index (χ2n) is 13.6. The molecule has 3 aromatic carbocycles. The second-order valence-corrected chi connectivity index (χ2v) is 13.6. The Morgan fingerprint density at radius 1 is 0.842 bits per heavy atom. The molecule has 0 saturated carbocycles. The van der Waals surface area contributed by atoms with Gasteiger partial charge >= 0.3 is 0 Å². The summed E-state index contributed by atoms with van der Waals surface area (Å²) in [5.41, 5.74) is 1.60. The highest BCUT2D eigenvalue weighted by Crippen LogP contribution is 2.35. The van der Waals surface area contributed by atoms with Crippen molar-refractivity contribution in [2.24, 2.45) is 7.05 Å². The Balaban J connectivity index is 1.42. The molecular formula is C42H48N6O9. The maximum Gasteiger partial charge on any atom is 0.254 e. The summed E-state index contributed by atoms with van der Waals surface area (Å²) in [6.45, 7) is 1.55. The molecule has 6 rings (SSSR count). The van der Waals surface area contributed by atoms with Gasteiger partial charge < -0.3 is 44.9 Å². The number of aromatic nitrogens is 1. The summed E-state index contributed by atoms with van der Waals surface area (Å²) in [5, 5.41) is 11.2. The minimum Gasteiger partial charge on any atom is -0.496 e. The van der Waals surface area contributed by atoms with Crippen LogP contribution < -0.4 is 41.0 Å². The Kier molecular flexibility index (Phi) is 14.4. The third-order valence-electron chi connectivity index (χ3n) is 9.45. The molecule has 1 aromatic heterocycles. The molecule has 2 aliphatic rings. The van der Waals surface area contributed by atoms with Gasteiger partial charge in [-0.25, -0.2) is 0 Å². The Labute approximate surface area is 330 Å². The van der Waals surface area contributed by atoms with Gasteiger partial charge in [-0.3, -0.25) is 28.8 Å². The van der Waals surface area contributed by atoms with Crippen LogP contribution in [0.2, 0.25) is 0 Å². The summed E-state index contributed by atoms with van der Waals surface area (Å²) in [6, 6.07) is 19.9. The number of nitrogens with zero attached hydrogens (tertiary/aromatic N) is 2. The fourth-order valence-electron chi connectivity index (χ4n) is 6.16. The lowest BCUT2D eigenvalue weighted by Crippen LogP contribution is -2.54. The van der Waals surface area contributed by atoms with E-state index in [9.17, 15) is 28.8 Å². The van der Waals surface area contributed by atoms with E-state index in [1.54, 1.807) is 43.4 Å². The number of carbonyl (C=O) groups excluding carboxylic acids is 5. The van der Waals surface area contributed by atoms with Crippen LogP contribution in [0.4, 0.5) is 0 Å². The molecule has 15 heteroatoms. The summed E-state index contributed by atoms with van der Waals surface area (Å²) in [5.74, 6) is -1.08. The quantitative estimate of drug-likeness (QED) is 0.214. The average Bonchev–Trinajstić information content (AvgIpc) is 3.21. The Hall–Kier alpha value is -6.64. The first-order valence-electron chi connectivity index (χ1n) is 18.6. The van der Waals surface area contributed by atoms with Crippen molar-refractivity contribution >= 4 is 29.5 Å². The van der Waals surface area contributed by atoms with Crippen molar-refractivity contribution in [2.45, 2.75) is 51.2 Å².